The van der Waals surface area contributed by atoms with Gasteiger partial charge in [-0.1, -0.05) is 18.5 Å². The third-order valence-corrected chi connectivity index (χ3v) is 2.73. The highest BCUT2D eigenvalue weighted by Crippen LogP contribution is 2.01. The van der Waals surface area contributed by atoms with Gasteiger partial charge in [0.2, 0.25) is 0 Å². The van der Waals surface area contributed by atoms with Crippen LogP contribution in [0.1, 0.15) is 12.8 Å². The van der Waals surface area contributed by atoms with E-state index in [-0.39, 0.29) is 0 Å². The second-order valence-corrected chi connectivity index (χ2v) is 3.51. The van der Waals surface area contributed by atoms with Crippen molar-refractivity contribution in [2.75, 3.05) is 0 Å². The lowest BCUT2D eigenvalue weighted by Crippen LogP contribution is -1.88. The van der Waals surface area contributed by atoms with Crippen LogP contribution < -0.4 is 0 Å². The molecule has 0 atom stereocenters. The highest BCUT2D eigenvalue weighted by Gasteiger charge is 1.88. The molecule has 1 heterocycles. The maximum atomic E-state index is 2.41. The third-order valence-electron chi connectivity index (χ3n) is 1.16. The zero-order valence-corrected chi connectivity index (χ0v) is 5.40. The van der Waals surface area contributed by atoms with E-state index >= 15 is 0 Å². The lowest BCUT2D eigenvalue weighted by Gasteiger charge is -1.96. The summed E-state index contributed by atoms with van der Waals surface area (Å²) in [5.74, 6) is 0. The smallest absolute Gasteiger partial charge is 0.0450 e. The first-order valence-corrected chi connectivity index (χ1v) is 4.47. The standard InChI is InChI=1S/C5H10Si/c1-2-4-6-5-3-1/h2,4H,1,3,5-6H2. The second-order valence-electron chi connectivity index (χ2n) is 1.76. The van der Waals surface area contributed by atoms with E-state index in [1.54, 1.807) is 6.04 Å². The van der Waals surface area contributed by atoms with Crippen molar-refractivity contribution in [3.05, 3.63) is 11.8 Å². The van der Waals surface area contributed by atoms with Gasteiger partial charge in [0.1, 0.15) is 0 Å². The topological polar surface area (TPSA) is 0 Å². The monoisotopic (exact) mass is 98.1 g/mol. The van der Waals surface area contributed by atoms with Gasteiger partial charge in [0.25, 0.3) is 0 Å². The average Bonchev–Trinajstić information content (AvgIpc) is 1.72. The van der Waals surface area contributed by atoms with Crippen molar-refractivity contribution < 1.29 is 0 Å². The van der Waals surface area contributed by atoms with Crippen molar-refractivity contribution in [1.82, 2.24) is 0 Å². The van der Waals surface area contributed by atoms with Crippen molar-refractivity contribution in [3.8, 4) is 0 Å². The Morgan fingerprint density at radius 2 is 2.50 bits per heavy atom. The largest absolute Gasteiger partial charge is 0.105 e. The Morgan fingerprint density at radius 3 is 2.67 bits per heavy atom. The minimum Gasteiger partial charge on any atom is -0.105 e. The van der Waals surface area contributed by atoms with Crippen LogP contribution in [0.3, 0.4) is 0 Å². The zero-order valence-electron chi connectivity index (χ0n) is 3.98. The molecule has 0 aromatic carbocycles. The minimum atomic E-state index is 0.328. The molecule has 1 heteroatoms. The van der Waals surface area contributed by atoms with E-state index in [4.69, 9.17) is 0 Å². The first kappa shape index (κ1) is 4.12. The first-order chi connectivity index (χ1) is 3.00. The first-order valence-electron chi connectivity index (χ1n) is 2.65. The van der Waals surface area contributed by atoms with E-state index in [0.29, 0.717) is 9.52 Å². The average molecular weight is 98.2 g/mol. The van der Waals surface area contributed by atoms with Gasteiger partial charge < -0.3 is 0 Å². The summed E-state index contributed by atoms with van der Waals surface area (Å²) in [6.07, 6.45) is 5.16. The van der Waals surface area contributed by atoms with Crippen LogP contribution in [-0.2, 0) is 0 Å². The van der Waals surface area contributed by atoms with E-state index in [9.17, 15) is 0 Å². The number of hydrogen-bond acceptors (Lipinski definition) is 0. The zero-order chi connectivity index (χ0) is 4.24. The molecule has 0 aromatic rings. The Balaban J connectivity index is 2.26. The molecule has 0 unspecified atom stereocenters. The molecule has 0 radical (unpaired) electrons. The highest BCUT2D eigenvalue weighted by atomic mass is 28.2. The number of rotatable bonds is 0. The van der Waals surface area contributed by atoms with Crippen LogP contribution in [0.5, 0.6) is 0 Å². The Hall–Kier alpha value is -0.0431. The maximum absolute atomic E-state index is 2.41. The molecule has 0 saturated carbocycles. The van der Waals surface area contributed by atoms with Gasteiger partial charge in [-0.2, -0.15) is 0 Å². The normalized spacial score (nSPS) is 25.3. The van der Waals surface area contributed by atoms with Crippen molar-refractivity contribution >= 4 is 9.52 Å². The summed E-state index contributed by atoms with van der Waals surface area (Å²) in [4.78, 5) is 0. The molecule has 1 aliphatic rings. The molecular formula is C5H10Si. The van der Waals surface area contributed by atoms with Crippen molar-refractivity contribution in [2.24, 2.45) is 0 Å². The predicted molar refractivity (Wildman–Crippen MR) is 31.7 cm³/mol. The summed E-state index contributed by atoms with van der Waals surface area (Å²) in [7, 11) is 0.328. The third kappa shape index (κ3) is 0.975. The molecule has 0 aliphatic carbocycles. The van der Waals surface area contributed by atoms with Crippen LogP contribution in [0, 0.1) is 0 Å². The van der Waals surface area contributed by atoms with Crippen LogP contribution in [0.2, 0.25) is 6.04 Å². The highest BCUT2D eigenvalue weighted by molar-refractivity contribution is 6.42. The molecule has 6 heavy (non-hydrogen) atoms. The van der Waals surface area contributed by atoms with E-state index < -0.39 is 0 Å². The van der Waals surface area contributed by atoms with Gasteiger partial charge in [0.15, 0.2) is 0 Å². The van der Waals surface area contributed by atoms with Crippen LogP contribution in [0.4, 0.5) is 0 Å². The quantitative estimate of drug-likeness (QED) is 0.395. The van der Waals surface area contributed by atoms with E-state index in [1.807, 2.05) is 0 Å². The number of hydrogen-bond donors (Lipinski definition) is 0. The van der Waals surface area contributed by atoms with Crippen molar-refractivity contribution in [1.29, 1.82) is 0 Å². The second kappa shape index (κ2) is 2.19. The SMILES string of the molecule is C1=C[SiH2]CCC1. The summed E-state index contributed by atoms with van der Waals surface area (Å²) >= 11 is 0. The van der Waals surface area contributed by atoms with E-state index in [1.165, 1.54) is 12.8 Å². The Morgan fingerprint density at radius 1 is 1.50 bits per heavy atom. The maximum Gasteiger partial charge on any atom is 0.0450 e. The van der Waals surface area contributed by atoms with Gasteiger partial charge in [-0.3, -0.25) is 0 Å². The van der Waals surface area contributed by atoms with E-state index in [2.05, 4.69) is 11.8 Å². The van der Waals surface area contributed by atoms with Gasteiger partial charge in [0.05, 0.1) is 0 Å². The summed E-state index contributed by atoms with van der Waals surface area (Å²) in [6, 6.07) is 1.55. The molecule has 34 valence electrons. The van der Waals surface area contributed by atoms with Crippen molar-refractivity contribution in [3.63, 3.8) is 0 Å². The van der Waals surface area contributed by atoms with Crippen LogP contribution in [0.25, 0.3) is 0 Å². The van der Waals surface area contributed by atoms with Crippen LogP contribution >= 0.6 is 0 Å². The molecule has 0 bridgehead atoms. The molecule has 0 amide bonds. The predicted octanol–water partition coefficient (Wildman–Crippen LogP) is 0.881. The molecule has 1 rings (SSSR count). The van der Waals surface area contributed by atoms with Crippen LogP contribution in [-0.4, -0.2) is 9.52 Å². The molecule has 0 saturated heterocycles. The summed E-state index contributed by atoms with van der Waals surface area (Å²) in [6.45, 7) is 0. The van der Waals surface area contributed by atoms with Gasteiger partial charge in [-0.15, -0.1) is 5.70 Å². The lowest BCUT2D eigenvalue weighted by molar-refractivity contribution is 0.940. The summed E-state index contributed by atoms with van der Waals surface area (Å²) in [5, 5.41) is 0. The fourth-order valence-corrected chi connectivity index (χ4v) is 2.04. The Kier molecular flexibility index (Phi) is 1.50. The Labute approximate surface area is 41.1 Å². The molecular weight excluding hydrogens is 88.1 g/mol. The summed E-state index contributed by atoms with van der Waals surface area (Å²) < 4.78 is 0. The molecule has 1 aliphatic heterocycles. The van der Waals surface area contributed by atoms with Crippen LogP contribution in [0.15, 0.2) is 11.8 Å². The summed E-state index contributed by atoms with van der Waals surface area (Å²) in [5.41, 5.74) is 2.41. The number of allylic oxidation sites excluding steroid dienone is 1. The molecule has 0 spiro atoms. The van der Waals surface area contributed by atoms with Gasteiger partial charge >= 0.3 is 0 Å². The fourth-order valence-electron chi connectivity index (χ4n) is 0.760. The molecule has 0 fully saturated rings. The Bertz CT molecular complexity index is 49.0. The van der Waals surface area contributed by atoms with E-state index in [0.717, 1.165) is 0 Å². The van der Waals surface area contributed by atoms with Gasteiger partial charge in [-0.25, -0.2) is 0 Å². The minimum absolute atomic E-state index is 0.328. The molecule has 0 nitrogen and oxygen atoms in total. The fraction of sp³-hybridized carbons (Fsp3) is 0.600. The lowest BCUT2D eigenvalue weighted by atomic mass is 10.3. The van der Waals surface area contributed by atoms with Gasteiger partial charge in [0, 0.05) is 9.52 Å². The molecule has 0 aromatic heterocycles. The van der Waals surface area contributed by atoms with Gasteiger partial charge in [-0.05, 0) is 6.42 Å². The molecule has 0 N–H and O–H groups in total. The van der Waals surface area contributed by atoms with Crippen molar-refractivity contribution in [2.45, 2.75) is 18.9 Å².